The van der Waals surface area contributed by atoms with Gasteiger partial charge in [-0.25, -0.2) is 13.8 Å². The molecule has 0 amide bonds. The van der Waals surface area contributed by atoms with Gasteiger partial charge in [-0.05, 0) is 18.6 Å². The molecule has 7 heteroatoms. The van der Waals surface area contributed by atoms with Gasteiger partial charge >= 0.3 is 5.97 Å². The van der Waals surface area contributed by atoms with Gasteiger partial charge in [0.15, 0.2) is 5.16 Å². The van der Waals surface area contributed by atoms with Crippen LogP contribution in [0.1, 0.15) is 12.6 Å². The Bertz CT molecular complexity index is 643. The van der Waals surface area contributed by atoms with Gasteiger partial charge < -0.3 is 5.11 Å². The number of aliphatic carboxylic acids is 1. The molecular weight excluding hydrogens is 286 g/mol. The van der Waals surface area contributed by atoms with E-state index >= 15 is 0 Å². The Labute approximate surface area is 118 Å². The molecule has 0 aliphatic heterocycles. The highest BCUT2D eigenvalue weighted by Gasteiger charge is 2.16. The molecule has 0 aliphatic rings. The summed E-state index contributed by atoms with van der Waals surface area (Å²) in [4.78, 5) is 14.7. The third kappa shape index (κ3) is 2.98. The molecule has 0 spiro atoms. The first-order valence-corrected chi connectivity index (χ1v) is 6.88. The maximum Gasteiger partial charge on any atom is 0.313 e. The fourth-order valence-electron chi connectivity index (χ4n) is 1.76. The van der Waals surface area contributed by atoms with E-state index in [9.17, 15) is 13.6 Å². The van der Waals surface area contributed by atoms with Crippen LogP contribution in [-0.2, 0) is 11.2 Å². The van der Waals surface area contributed by atoms with E-state index < -0.39 is 17.6 Å². The highest BCUT2D eigenvalue weighted by atomic mass is 32.2. The lowest BCUT2D eigenvalue weighted by Gasteiger charge is -2.11. The van der Waals surface area contributed by atoms with Crippen LogP contribution in [0.15, 0.2) is 29.6 Å². The van der Waals surface area contributed by atoms with Gasteiger partial charge in [0.05, 0.1) is 11.4 Å². The molecule has 0 atom stereocenters. The number of carboxylic acid groups (broad SMARTS) is 1. The number of halogens is 2. The molecule has 0 fully saturated rings. The van der Waals surface area contributed by atoms with Crippen molar-refractivity contribution in [1.82, 2.24) is 9.55 Å². The van der Waals surface area contributed by atoms with Crippen LogP contribution in [0, 0.1) is 11.6 Å². The third-order valence-electron chi connectivity index (χ3n) is 2.64. The number of aryl methyl sites for hydroxylation is 1. The fourth-order valence-corrected chi connectivity index (χ4v) is 2.49. The predicted molar refractivity (Wildman–Crippen MR) is 71.2 cm³/mol. The minimum absolute atomic E-state index is 0.0345. The summed E-state index contributed by atoms with van der Waals surface area (Å²) < 4.78 is 28.7. The highest BCUT2D eigenvalue weighted by Crippen LogP contribution is 2.26. The van der Waals surface area contributed by atoms with Crippen LogP contribution >= 0.6 is 11.8 Å². The Balaban J connectivity index is 2.50. The second kappa shape index (κ2) is 6.04. The quantitative estimate of drug-likeness (QED) is 0.862. The molecule has 2 rings (SSSR count). The molecule has 0 unspecified atom stereocenters. The summed E-state index contributed by atoms with van der Waals surface area (Å²) in [6.07, 6.45) is 2.10. The first-order chi connectivity index (χ1) is 9.52. The summed E-state index contributed by atoms with van der Waals surface area (Å²) in [6.45, 7) is 1.86. The van der Waals surface area contributed by atoms with Crippen LogP contribution in [0.5, 0.6) is 0 Å². The van der Waals surface area contributed by atoms with Crippen LogP contribution in [0.3, 0.4) is 0 Å². The van der Waals surface area contributed by atoms with Crippen molar-refractivity contribution in [2.75, 3.05) is 5.75 Å². The largest absolute Gasteiger partial charge is 0.481 e. The molecule has 106 valence electrons. The van der Waals surface area contributed by atoms with E-state index in [0.717, 1.165) is 30.0 Å². The van der Waals surface area contributed by atoms with Crippen molar-refractivity contribution in [1.29, 1.82) is 0 Å². The monoisotopic (exact) mass is 298 g/mol. The Hall–Kier alpha value is -1.89. The number of carboxylic acids is 1. The fraction of sp³-hybridized carbons (Fsp3) is 0.231. The van der Waals surface area contributed by atoms with Gasteiger partial charge in [0.2, 0.25) is 0 Å². The van der Waals surface area contributed by atoms with E-state index in [-0.39, 0.29) is 11.4 Å². The zero-order valence-electron chi connectivity index (χ0n) is 10.6. The number of hydrogen-bond donors (Lipinski definition) is 1. The number of carbonyl (C=O) groups is 1. The second-order valence-electron chi connectivity index (χ2n) is 4.00. The van der Waals surface area contributed by atoms with Crippen LogP contribution < -0.4 is 0 Å². The summed E-state index contributed by atoms with van der Waals surface area (Å²) in [5.74, 6) is -2.35. The summed E-state index contributed by atoms with van der Waals surface area (Å²) in [5, 5.41) is 9.03. The highest BCUT2D eigenvalue weighted by molar-refractivity contribution is 7.99. The van der Waals surface area contributed by atoms with Crippen molar-refractivity contribution in [3.63, 3.8) is 0 Å². The molecule has 0 bridgehead atoms. The lowest BCUT2D eigenvalue weighted by atomic mass is 10.2. The zero-order chi connectivity index (χ0) is 14.7. The molecule has 20 heavy (non-hydrogen) atoms. The molecule has 1 aromatic heterocycles. The van der Waals surface area contributed by atoms with E-state index in [1.165, 1.54) is 10.8 Å². The standard InChI is InChI=1S/C13H12F2N2O2S/c1-2-9-6-16-13(20-7-12(18)19)17(9)11-5-8(14)3-4-10(11)15/h3-6H,2,7H2,1H3,(H,18,19). The maximum absolute atomic E-state index is 13.9. The zero-order valence-corrected chi connectivity index (χ0v) is 11.5. The van der Waals surface area contributed by atoms with Crippen LogP contribution in [0.2, 0.25) is 0 Å². The molecule has 0 aliphatic carbocycles. The average molecular weight is 298 g/mol. The number of nitrogens with zero attached hydrogens (tertiary/aromatic N) is 2. The topological polar surface area (TPSA) is 55.1 Å². The van der Waals surface area contributed by atoms with Crippen molar-refractivity contribution in [2.24, 2.45) is 0 Å². The maximum atomic E-state index is 13.9. The van der Waals surface area contributed by atoms with Gasteiger partial charge in [-0.2, -0.15) is 0 Å². The van der Waals surface area contributed by atoms with Gasteiger partial charge in [0.1, 0.15) is 11.6 Å². The summed E-state index contributed by atoms with van der Waals surface area (Å²) >= 11 is 0.964. The number of aromatic nitrogens is 2. The van der Waals surface area contributed by atoms with E-state index in [4.69, 9.17) is 5.11 Å². The summed E-state index contributed by atoms with van der Waals surface area (Å²) in [7, 11) is 0. The molecule has 1 heterocycles. The third-order valence-corrected chi connectivity index (χ3v) is 3.58. The molecule has 1 N–H and O–H groups in total. The lowest BCUT2D eigenvalue weighted by Crippen LogP contribution is -2.06. The summed E-state index contributed by atoms with van der Waals surface area (Å²) in [6, 6.07) is 3.14. The average Bonchev–Trinajstić information content (AvgIpc) is 2.82. The molecule has 0 saturated heterocycles. The van der Waals surface area contributed by atoms with Crippen LogP contribution in [-0.4, -0.2) is 26.4 Å². The first kappa shape index (κ1) is 14.5. The second-order valence-corrected chi connectivity index (χ2v) is 4.94. The normalized spacial score (nSPS) is 10.8. The van der Waals surface area contributed by atoms with E-state index in [1.54, 1.807) is 0 Å². The first-order valence-electron chi connectivity index (χ1n) is 5.89. The smallest absolute Gasteiger partial charge is 0.313 e. The van der Waals surface area contributed by atoms with Crippen molar-refractivity contribution in [2.45, 2.75) is 18.5 Å². The van der Waals surface area contributed by atoms with Crippen molar-refractivity contribution >= 4 is 17.7 Å². The van der Waals surface area contributed by atoms with E-state index in [2.05, 4.69) is 4.98 Å². The van der Waals surface area contributed by atoms with Gasteiger partial charge in [0, 0.05) is 18.0 Å². The molecule has 2 aromatic rings. The van der Waals surface area contributed by atoms with Gasteiger partial charge in [-0.15, -0.1) is 0 Å². The van der Waals surface area contributed by atoms with E-state index in [0.29, 0.717) is 17.3 Å². The molecule has 0 radical (unpaired) electrons. The summed E-state index contributed by atoms with van der Waals surface area (Å²) in [5.41, 5.74) is 0.717. The van der Waals surface area contributed by atoms with Crippen molar-refractivity contribution < 1.29 is 18.7 Å². The van der Waals surface area contributed by atoms with Gasteiger partial charge in [0.25, 0.3) is 0 Å². The lowest BCUT2D eigenvalue weighted by molar-refractivity contribution is -0.133. The van der Waals surface area contributed by atoms with Gasteiger partial charge in [-0.1, -0.05) is 18.7 Å². The molecule has 0 saturated carbocycles. The SMILES string of the molecule is CCc1cnc(SCC(=O)O)n1-c1cc(F)ccc1F. The minimum Gasteiger partial charge on any atom is -0.481 e. The Morgan fingerprint density at radius 2 is 2.20 bits per heavy atom. The number of hydrogen-bond acceptors (Lipinski definition) is 3. The Morgan fingerprint density at radius 1 is 1.45 bits per heavy atom. The number of thioether (sulfide) groups is 1. The Kier molecular flexibility index (Phi) is 4.39. The van der Waals surface area contributed by atoms with Crippen LogP contribution in [0.25, 0.3) is 5.69 Å². The minimum atomic E-state index is -0.998. The number of imidazole rings is 1. The van der Waals surface area contributed by atoms with Gasteiger partial charge in [-0.3, -0.25) is 9.36 Å². The molecule has 1 aromatic carbocycles. The van der Waals surface area contributed by atoms with Crippen molar-refractivity contribution in [3.8, 4) is 5.69 Å². The number of rotatable bonds is 5. The van der Waals surface area contributed by atoms with E-state index in [1.807, 2.05) is 6.92 Å². The van der Waals surface area contributed by atoms with Crippen LogP contribution in [0.4, 0.5) is 8.78 Å². The molecular formula is C13H12F2N2O2S. The molecule has 4 nitrogen and oxygen atoms in total. The van der Waals surface area contributed by atoms with Crippen molar-refractivity contribution in [3.05, 3.63) is 41.7 Å². The number of benzene rings is 1. The Morgan fingerprint density at radius 3 is 2.85 bits per heavy atom. The predicted octanol–water partition coefficient (Wildman–Crippen LogP) is 2.89.